The minimum atomic E-state index is -3.35. The van der Waals surface area contributed by atoms with Crippen molar-refractivity contribution in [3.63, 3.8) is 0 Å². The maximum absolute atomic E-state index is 12.6. The second-order valence-electron chi connectivity index (χ2n) is 7.10. The summed E-state index contributed by atoms with van der Waals surface area (Å²) in [6.45, 7) is 6.96. The third-order valence-corrected chi connectivity index (χ3v) is 7.23. The van der Waals surface area contributed by atoms with Crippen LogP contribution in [0.3, 0.4) is 0 Å². The van der Waals surface area contributed by atoms with Crippen LogP contribution in [0.2, 0.25) is 0 Å². The molecule has 140 valence electrons. The lowest BCUT2D eigenvalue weighted by molar-refractivity contribution is -0.127. The molecule has 1 aliphatic rings. The molecule has 1 amide bonds. The molecule has 0 spiro atoms. The molecule has 0 aromatic heterocycles. The number of nitrogens with zero attached hydrogens (tertiary/aromatic N) is 1. The molecule has 1 aromatic carbocycles. The number of carbonyl (C=O) groups is 1. The van der Waals surface area contributed by atoms with E-state index < -0.39 is 10.0 Å². The van der Waals surface area contributed by atoms with Crippen LogP contribution in [0.4, 0.5) is 0 Å². The molecule has 1 atom stereocenters. The summed E-state index contributed by atoms with van der Waals surface area (Å²) in [5, 5.41) is 3.04. The van der Waals surface area contributed by atoms with Crippen molar-refractivity contribution in [2.75, 3.05) is 13.1 Å². The molecule has 0 aliphatic carbocycles. The van der Waals surface area contributed by atoms with E-state index >= 15 is 0 Å². The van der Waals surface area contributed by atoms with E-state index in [1.54, 1.807) is 0 Å². The van der Waals surface area contributed by atoms with Crippen LogP contribution in [0, 0.1) is 11.8 Å². The molecular weight excluding hydrogens is 404 g/mol. The van der Waals surface area contributed by atoms with Crippen LogP contribution in [0.25, 0.3) is 0 Å². The predicted octanol–water partition coefficient (Wildman–Crippen LogP) is 3.15. The van der Waals surface area contributed by atoms with Gasteiger partial charge in [0.2, 0.25) is 15.9 Å². The van der Waals surface area contributed by atoms with Crippen LogP contribution in [0.15, 0.2) is 28.7 Å². The van der Waals surface area contributed by atoms with Gasteiger partial charge in [0.25, 0.3) is 0 Å². The summed E-state index contributed by atoms with van der Waals surface area (Å²) in [4.78, 5) is 12.3. The first-order valence-electron chi connectivity index (χ1n) is 8.71. The SMILES string of the molecule is CC(C)[C@H](C)NC(=O)C1CCN(S(=O)(=O)Cc2ccc(Br)cc2)CC1. The molecule has 0 radical (unpaired) electrons. The van der Waals surface area contributed by atoms with Crippen LogP contribution in [0.1, 0.15) is 39.2 Å². The van der Waals surface area contributed by atoms with E-state index in [1.165, 1.54) is 4.31 Å². The van der Waals surface area contributed by atoms with Gasteiger partial charge in [-0.3, -0.25) is 4.79 Å². The summed E-state index contributed by atoms with van der Waals surface area (Å²) in [5.41, 5.74) is 0.772. The molecule has 1 heterocycles. The van der Waals surface area contributed by atoms with Crippen molar-refractivity contribution in [2.45, 2.75) is 45.4 Å². The molecule has 1 fully saturated rings. The number of carbonyl (C=O) groups excluding carboxylic acids is 1. The standard InChI is InChI=1S/C18H27BrN2O3S/c1-13(2)14(3)20-18(22)16-8-10-21(11-9-16)25(23,24)12-15-4-6-17(19)7-5-15/h4-7,13-14,16H,8-12H2,1-3H3,(H,20,22)/t14-/m0/s1. The van der Waals surface area contributed by atoms with Gasteiger partial charge < -0.3 is 5.32 Å². The first-order valence-corrected chi connectivity index (χ1v) is 11.1. The van der Waals surface area contributed by atoms with Crippen molar-refractivity contribution in [1.82, 2.24) is 9.62 Å². The fraction of sp³-hybridized carbons (Fsp3) is 0.611. The number of amides is 1. The molecule has 2 rings (SSSR count). The zero-order chi connectivity index (χ0) is 18.6. The summed E-state index contributed by atoms with van der Waals surface area (Å²) >= 11 is 3.35. The lowest BCUT2D eigenvalue weighted by Crippen LogP contribution is -2.46. The lowest BCUT2D eigenvalue weighted by Gasteiger charge is -2.31. The second kappa shape index (κ2) is 8.64. The van der Waals surface area contributed by atoms with Crippen LogP contribution in [-0.4, -0.2) is 37.8 Å². The zero-order valence-electron chi connectivity index (χ0n) is 15.0. The van der Waals surface area contributed by atoms with Crippen molar-refractivity contribution in [2.24, 2.45) is 11.8 Å². The Hall–Kier alpha value is -0.920. The van der Waals surface area contributed by atoms with E-state index in [9.17, 15) is 13.2 Å². The van der Waals surface area contributed by atoms with Gasteiger partial charge in [0.05, 0.1) is 5.75 Å². The Morgan fingerprint density at radius 3 is 2.28 bits per heavy atom. The van der Waals surface area contributed by atoms with Crippen molar-refractivity contribution in [3.8, 4) is 0 Å². The Kier molecular flexibility index (Phi) is 7.05. The Balaban J connectivity index is 1.90. The average molecular weight is 431 g/mol. The molecule has 0 unspecified atom stereocenters. The highest BCUT2D eigenvalue weighted by atomic mass is 79.9. The Labute approximate surface area is 159 Å². The number of sulfonamides is 1. The number of hydrogen-bond acceptors (Lipinski definition) is 3. The molecular formula is C18H27BrN2O3S. The van der Waals surface area contributed by atoms with Gasteiger partial charge in [0.15, 0.2) is 0 Å². The molecule has 5 nitrogen and oxygen atoms in total. The second-order valence-corrected chi connectivity index (χ2v) is 9.98. The van der Waals surface area contributed by atoms with Crippen LogP contribution in [-0.2, 0) is 20.6 Å². The number of halogens is 1. The number of rotatable bonds is 6. The molecule has 0 saturated carbocycles. The van der Waals surface area contributed by atoms with Gasteiger partial charge in [-0.25, -0.2) is 12.7 Å². The van der Waals surface area contributed by atoms with E-state index in [1.807, 2.05) is 31.2 Å². The smallest absolute Gasteiger partial charge is 0.223 e. The first kappa shape index (κ1) is 20.4. The Morgan fingerprint density at radius 2 is 1.76 bits per heavy atom. The fourth-order valence-corrected chi connectivity index (χ4v) is 4.62. The van der Waals surface area contributed by atoms with E-state index in [0.717, 1.165) is 10.0 Å². The monoisotopic (exact) mass is 430 g/mol. The number of hydrogen-bond donors (Lipinski definition) is 1. The minimum absolute atomic E-state index is 0.00151. The van der Waals surface area contributed by atoms with E-state index in [-0.39, 0.29) is 23.6 Å². The molecule has 7 heteroatoms. The van der Waals surface area contributed by atoms with E-state index in [2.05, 4.69) is 35.1 Å². The highest BCUT2D eigenvalue weighted by Gasteiger charge is 2.31. The first-order chi connectivity index (χ1) is 11.7. The Morgan fingerprint density at radius 1 is 1.20 bits per heavy atom. The molecule has 1 saturated heterocycles. The van der Waals surface area contributed by atoms with Gasteiger partial charge in [-0.1, -0.05) is 41.9 Å². The van der Waals surface area contributed by atoms with Crippen molar-refractivity contribution < 1.29 is 13.2 Å². The topological polar surface area (TPSA) is 66.5 Å². The van der Waals surface area contributed by atoms with Gasteiger partial charge in [-0.15, -0.1) is 0 Å². The number of benzene rings is 1. The van der Waals surface area contributed by atoms with Crippen molar-refractivity contribution in [3.05, 3.63) is 34.3 Å². The maximum atomic E-state index is 12.6. The van der Waals surface area contributed by atoms with Crippen molar-refractivity contribution >= 4 is 31.9 Å². The number of nitrogens with one attached hydrogen (secondary N) is 1. The molecule has 1 aromatic rings. The van der Waals surface area contributed by atoms with Crippen molar-refractivity contribution in [1.29, 1.82) is 0 Å². The van der Waals surface area contributed by atoms with Crippen LogP contribution in [0.5, 0.6) is 0 Å². The largest absolute Gasteiger partial charge is 0.353 e. The van der Waals surface area contributed by atoms with Crippen LogP contribution < -0.4 is 5.32 Å². The van der Waals surface area contributed by atoms with E-state index in [0.29, 0.717) is 31.8 Å². The third kappa shape index (κ3) is 5.79. The van der Waals surface area contributed by atoms with Gasteiger partial charge in [-0.05, 0) is 43.4 Å². The molecule has 1 N–H and O–H groups in total. The van der Waals surface area contributed by atoms with Crippen LogP contribution >= 0.6 is 15.9 Å². The summed E-state index contributed by atoms with van der Waals surface area (Å²) in [6, 6.07) is 7.45. The van der Waals surface area contributed by atoms with Gasteiger partial charge in [0, 0.05) is 29.5 Å². The molecule has 0 bridgehead atoms. The minimum Gasteiger partial charge on any atom is -0.353 e. The fourth-order valence-electron chi connectivity index (χ4n) is 2.79. The molecule has 1 aliphatic heterocycles. The van der Waals surface area contributed by atoms with Gasteiger partial charge in [-0.2, -0.15) is 0 Å². The summed E-state index contributed by atoms with van der Waals surface area (Å²) < 4.78 is 27.6. The van der Waals surface area contributed by atoms with Gasteiger partial charge >= 0.3 is 0 Å². The third-order valence-electron chi connectivity index (χ3n) is 4.85. The Bertz CT molecular complexity index is 681. The number of piperidine rings is 1. The predicted molar refractivity (Wildman–Crippen MR) is 104 cm³/mol. The summed E-state index contributed by atoms with van der Waals surface area (Å²) in [5.74, 6) is 0.337. The average Bonchev–Trinajstić information content (AvgIpc) is 2.56. The highest BCUT2D eigenvalue weighted by Crippen LogP contribution is 2.22. The summed E-state index contributed by atoms with van der Waals surface area (Å²) in [7, 11) is -3.35. The highest BCUT2D eigenvalue weighted by molar-refractivity contribution is 9.10. The van der Waals surface area contributed by atoms with Gasteiger partial charge in [0.1, 0.15) is 0 Å². The quantitative estimate of drug-likeness (QED) is 0.753. The summed E-state index contributed by atoms with van der Waals surface area (Å²) in [6.07, 6.45) is 1.16. The zero-order valence-corrected chi connectivity index (χ0v) is 17.4. The van der Waals surface area contributed by atoms with E-state index in [4.69, 9.17) is 0 Å². The molecule has 25 heavy (non-hydrogen) atoms. The lowest BCUT2D eigenvalue weighted by atomic mass is 9.96. The maximum Gasteiger partial charge on any atom is 0.223 e. The normalized spacial score (nSPS) is 18.3.